The minimum absolute atomic E-state index is 0.763. The molecule has 0 bridgehead atoms. The number of hydrogen-bond acceptors (Lipinski definition) is 2. The van der Waals surface area contributed by atoms with Crippen LogP contribution in [0.3, 0.4) is 0 Å². The zero-order valence-corrected chi connectivity index (χ0v) is 11.5. The van der Waals surface area contributed by atoms with Crippen LogP contribution in [0.5, 0.6) is 5.75 Å². The molecule has 2 nitrogen and oxygen atoms in total. The van der Waals surface area contributed by atoms with Crippen molar-refractivity contribution in [3.05, 3.63) is 28.8 Å². The fourth-order valence-electron chi connectivity index (χ4n) is 1.62. The minimum Gasteiger partial charge on any atom is -0.493 e. The van der Waals surface area contributed by atoms with Crippen LogP contribution in [0.4, 0.5) is 0 Å². The number of benzene rings is 1. The molecule has 0 unspecified atom stereocenters. The van der Waals surface area contributed by atoms with Gasteiger partial charge in [0, 0.05) is 17.1 Å². The third-order valence-electron chi connectivity index (χ3n) is 2.59. The van der Waals surface area contributed by atoms with E-state index in [1.165, 1.54) is 12.8 Å². The van der Waals surface area contributed by atoms with Crippen LogP contribution in [-0.4, -0.2) is 13.2 Å². The summed E-state index contributed by atoms with van der Waals surface area (Å²) in [6.45, 7) is 6.82. The number of halogens is 1. The van der Waals surface area contributed by atoms with E-state index < -0.39 is 0 Å². The smallest absolute Gasteiger partial charge is 0.123 e. The van der Waals surface area contributed by atoms with Crippen LogP contribution >= 0.6 is 11.6 Å². The molecule has 0 amide bonds. The molecule has 0 saturated heterocycles. The molecule has 3 heteroatoms. The number of nitrogens with one attached hydrogen (secondary N) is 1. The summed E-state index contributed by atoms with van der Waals surface area (Å²) in [6.07, 6.45) is 3.55. The highest BCUT2D eigenvalue weighted by Crippen LogP contribution is 2.23. The Kier molecular flexibility index (Phi) is 7.06. The van der Waals surface area contributed by atoms with Crippen molar-refractivity contribution in [2.45, 2.75) is 39.7 Å². The standard InChI is InChI=1S/C14H22ClNO/c1-3-5-6-9-17-14-8-7-13(15)10-12(14)11-16-4-2/h7-8,10,16H,3-6,9,11H2,1-2H3. The van der Waals surface area contributed by atoms with Gasteiger partial charge in [-0.25, -0.2) is 0 Å². The molecule has 0 spiro atoms. The van der Waals surface area contributed by atoms with Crippen LogP contribution in [-0.2, 0) is 6.54 Å². The van der Waals surface area contributed by atoms with E-state index in [1.807, 2.05) is 18.2 Å². The average molecular weight is 256 g/mol. The Hall–Kier alpha value is -0.730. The molecule has 96 valence electrons. The molecule has 0 heterocycles. The van der Waals surface area contributed by atoms with Gasteiger partial charge in [0.2, 0.25) is 0 Å². The van der Waals surface area contributed by atoms with Crippen molar-refractivity contribution >= 4 is 11.6 Å². The van der Waals surface area contributed by atoms with Gasteiger partial charge in [0.05, 0.1) is 6.61 Å². The first-order valence-electron chi connectivity index (χ1n) is 6.39. The third kappa shape index (κ3) is 5.42. The lowest BCUT2D eigenvalue weighted by Gasteiger charge is -2.12. The van der Waals surface area contributed by atoms with Crippen LogP contribution in [0.1, 0.15) is 38.7 Å². The van der Waals surface area contributed by atoms with E-state index >= 15 is 0 Å². The number of ether oxygens (including phenoxy) is 1. The summed E-state index contributed by atoms with van der Waals surface area (Å²) in [5, 5.41) is 4.06. The Morgan fingerprint density at radius 3 is 2.76 bits per heavy atom. The fraction of sp³-hybridized carbons (Fsp3) is 0.571. The first kappa shape index (κ1) is 14.3. The van der Waals surface area contributed by atoms with Crippen LogP contribution in [0.15, 0.2) is 18.2 Å². The molecule has 0 radical (unpaired) electrons. The van der Waals surface area contributed by atoms with Gasteiger partial charge < -0.3 is 10.1 Å². The van der Waals surface area contributed by atoms with Gasteiger partial charge in [-0.05, 0) is 31.2 Å². The molecule has 0 aliphatic heterocycles. The minimum atomic E-state index is 0.763. The van der Waals surface area contributed by atoms with Crippen molar-refractivity contribution in [1.29, 1.82) is 0 Å². The molecule has 0 aromatic heterocycles. The molecule has 1 aromatic rings. The van der Waals surface area contributed by atoms with Crippen LogP contribution in [0.25, 0.3) is 0 Å². The molecular weight excluding hydrogens is 234 g/mol. The predicted octanol–water partition coefficient (Wildman–Crippen LogP) is 4.02. The van der Waals surface area contributed by atoms with Crippen LogP contribution < -0.4 is 10.1 Å². The summed E-state index contributed by atoms with van der Waals surface area (Å²) in [4.78, 5) is 0. The number of hydrogen-bond donors (Lipinski definition) is 1. The quantitative estimate of drug-likeness (QED) is 0.709. The second-order valence-corrected chi connectivity index (χ2v) is 4.52. The van der Waals surface area contributed by atoms with Crippen LogP contribution in [0.2, 0.25) is 5.02 Å². The molecule has 1 aromatic carbocycles. The number of rotatable bonds is 8. The molecule has 0 fully saturated rings. The van der Waals surface area contributed by atoms with Crippen molar-refractivity contribution in [1.82, 2.24) is 5.32 Å². The molecule has 1 N–H and O–H groups in total. The zero-order valence-electron chi connectivity index (χ0n) is 10.8. The van der Waals surface area contributed by atoms with Gasteiger partial charge in [-0.3, -0.25) is 0 Å². The van der Waals surface area contributed by atoms with Crippen molar-refractivity contribution in [2.24, 2.45) is 0 Å². The maximum Gasteiger partial charge on any atom is 0.123 e. The monoisotopic (exact) mass is 255 g/mol. The zero-order chi connectivity index (χ0) is 12.5. The summed E-state index contributed by atoms with van der Waals surface area (Å²) in [5.41, 5.74) is 1.14. The fourth-order valence-corrected chi connectivity index (χ4v) is 1.82. The highest BCUT2D eigenvalue weighted by Gasteiger charge is 2.04. The lowest BCUT2D eigenvalue weighted by molar-refractivity contribution is 0.302. The second kappa shape index (κ2) is 8.37. The summed E-state index contributed by atoms with van der Waals surface area (Å²) in [6, 6.07) is 5.81. The van der Waals surface area contributed by atoms with Crippen molar-refractivity contribution in [3.8, 4) is 5.75 Å². The summed E-state index contributed by atoms with van der Waals surface area (Å²) >= 11 is 6.00. The Balaban J connectivity index is 2.55. The molecular formula is C14H22ClNO. The Morgan fingerprint density at radius 1 is 1.24 bits per heavy atom. The third-order valence-corrected chi connectivity index (χ3v) is 2.83. The highest BCUT2D eigenvalue weighted by atomic mass is 35.5. The molecule has 0 atom stereocenters. The Bertz CT molecular complexity index is 328. The van der Waals surface area contributed by atoms with Crippen molar-refractivity contribution in [2.75, 3.05) is 13.2 Å². The second-order valence-electron chi connectivity index (χ2n) is 4.09. The van der Waals surface area contributed by atoms with E-state index in [-0.39, 0.29) is 0 Å². The van der Waals surface area contributed by atoms with Gasteiger partial charge in [-0.2, -0.15) is 0 Å². The average Bonchev–Trinajstić information content (AvgIpc) is 2.34. The number of unbranched alkanes of at least 4 members (excludes halogenated alkanes) is 2. The molecule has 0 aliphatic rings. The van der Waals surface area contributed by atoms with E-state index in [0.29, 0.717) is 0 Å². The molecule has 0 saturated carbocycles. The van der Waals surface area contributed by atoms with Gasteiger partial charge in [-0.15, -0.1) is 0 Å². The molecule has 0 aliphatic carbocycles. The van der Waals surface area contributed by atoms with Gasteiger partial charge in [0.25, 0.3) is 0 Å². The van der Waals surface area contributed by atoms with Gasteiger partial charge in [-0.1, -0.05) is 38.3 Å². The Morgan fingerprint density at radius 2 is 2.06 bits per heavy atom. The first-order valence-corrected chi connectivity index (χ1v) is 6.77. The summed E-state index contributed by atoms with van der Waals surface area (Å²) < 4.78 is 5.79. The maximum atomic E-state index is 6.00. The molecule has 17 heavy (non-hydrogen) atoms. The normalized spacial score (nSPS) is 10.5. The van der Waals surface area contributed by atoms with Crippen LogP contribution in [0, 0.1) is 0 Å². The van der Waals surface area contributed by atoms with E-state index in [4.69, 9.17) is 16.3 Å². The van der Waals surface area contributed by atoms with Crippen molar-refractivity contribution in [3.63, 3.8) is 0 Å². The highest BCUT2D eigenvalue weighted by molar-refractivity contribution is 6.30. The SMILES string of the molecule is CCCCCOc1ccc(Cl)cc1CNCC. The van der Waals surface area contributed by atoms with E-state index in [2.05, 4.69) is 19.2 Å². The van der Waals surface area contributed by atoms with E-state index in [9.17, 15) is 0 Å². The van der Waals surface area contributed by atoms with E-state index in [1.54, 1.807) is 0 Å². The first-order chi connectivity index (χ1) is 8.27. The van der Waals surface area contributed by atoms with Gasteiger partial charge in [0.15, 0.2) is 0 Å². The molecule has 1 rings (SSSR count). The lowest BCUT2D eigenvalue weighted by Crippen LogP contribution is -2.13. The van der Waals surface area contributed by atoms with Gasteiger partial charge >= 0.3 is 0 Å². The summed E-state index contributed by atoms with van der Waals surface area (Å²) in [7, 11) is 0. The Labute approximate surface area is 109 Å². The topological polar surface area (TPSA) is 21.3 Å². The lowest BCUT2D eigenvalue weighted by atomic mass is 10.2. The van der Waals surface area contributed by atoms with Gasteiger partial charge in [0.1, 0.15) is 5.75 Å². The van der Waals surface area contributed by atoms with Crippen molar-refractivity contribution < 1.29 is 4.74 Å². The largest absolute Gasteiger partial charge is 0.493 e. The van der Waals surface area contributed by atoms with E-state index in [0.717, 1.165) is 42.5 Å². The predicted molar refractivity (Wildman–Crippen MR) is 73.9 cm³/mol. The summed E-state index contributed by atoms with van der Waals surface area (Å²) in [5.74, 6) is 0.950. The maximum absolute atomic E-state index is 6.00.